The molecule has 1 unspecified atom stereocenters. The highest BCUT2D eigenvalue weighted by molar-refractivity contribution is 6.33. The Morgan fingerprint density at radius 2 is 2.28 bits per heavy atom. The fourth-order valence-corrected chi connectivity index (χ4v) is 2.39. The largest absolute Gasteiger partial charge is 0.366 e. The van der Waals surface area contributed by atoms with E-state index < -0.39 is 0 Å². The Morgan fingerprint density at radius 3 is 2.78 bits per heavy atom. The molecule has 0 heterocycles. The molecule has 0 bridgehead atoms. The van der Waals surface area contributed by atoms with Crippen molar-refractivity contribution in [3.8, 4) is 6.07 Å². The molecule has 1 aromatic carbocycles. The highest BCUT2D eigenvalue weighted by Gasteiger charge is 2.30. The molecular weight excluding hydrogens is 246 g/mol. The predicted molar refractivity (Wildman–Crippen MR) is 74.7 cm³/mol. The Labute approximate surface area is 113 Å². The molecule has 0 aliphatic heterocycles. The van der Waals surface area contributed by atoms with Gasteiger partial charge in [0.15, 0.2) is 0 Å². The molecule has 2 N–H and O–H groups in total. The van der Waals surface area contributed by atoms with Crippen molar-refractivity contribution in [2.75, 3.05) is 11.4 Å². The summed E-state index contributed by atoms with van der Waals surface area (Å²) in [7, 11) is 0. The van der Waals surface area contributed by atoms with E-state index in [0.29, 0.717) is 12.5 Å². The van der Waals surface area contributed by atoms with Crippen molar-refractivity contribution >= 4 is 17.3 Å². The molecule has 3 nitrogen and oxygen atoms in total. The maximum absolute atomic E-state index is 8.72. The lowest BCUT2D eigenvalue weighted by atomic mass is 10.1. The third-order valence-electron chi connectivity index (χ3n) is 3.26. The molecule has 2 rings (SSSR count). The lowest BCUT2D eigenvalue weighted by Crippen LogP contribution is -2.27. The summed E-state index contributed by atoms with van der Waals surface area (Å²) in [5.41, 5.74) is 7.91. The second-order valence-electron chi connectivity index (χ2n) is 4.83. The molecule has 0 saturated heterocycles. The van der Waals surface area contributed by atoms with Crippen molar-refractivity contribution in [3.63, 3.8) is 0 Å². The van der Waals surface area contributed by atoms with Crippen LogP contribution in [0.3, 0.4) is 0 Å². The zero-order valence-corrected chi connectivity index (χ0v) is 11.3. The van der Waals surface area contributed by atoms with Gasteiger partial charge in [-0.15, -0.1) is 0 Å². The summed E-state index contributed by atoms with van der Waals surface area (Å²) in [4.78, 5) is 2.25. The van der Waals surface area contributed by atoms with Gasteiger partial charge in [-0.1, -0.05) is 17.7 Å². The van der Waals surface area contributed by atoms with Crippen molar-refractivity contribution in [2.45, 2.75) is 38.3 Å². The average molecular weight is 264 g/mol. The lowest BCUT2D eigenvalue weighted by Gasteiger charge is -2.25. The first-order valence-corrected chi connectivity index (χ1v) is 6.70. The minimum absolute atomic E-state index is 0.00923. The average Bonchev–Trinajstić information content (AvgIpc) is 3.15. The second-order valence-corrected chi connectivity index (χ2v) is 5.24. The van der Waals surface area contributed by atoms with Gasteiger partial charge in [0.2, 0.25) is 0 Å². The van der Waals surface area contributed by atoms with Crippen LogP contribution in [0.4, 0.5) is 5.69 Å². The molecule has 4 heteroatoms. The summed E-state index contributed by atoms with van der Waals surface area (Å²) in [6.45, 7) is 2.69. The molecule has 1 fully saturated rings. The molecule has 0 spiro atoms. The number of halogens is 1. The number of hydrogen-bond donors (Lipinski definition) is 1. The van der Waals surface area contributed by atoms with Crippen LogP contribution in [-0.2, 0) is 0 Å². The van der Waals surface area contributed by atoms with Gasteiger partial charge in [-0.3, -0.25) is 0 Å². The van der Waals surface area contributed by atoms with Gasteiger partial charge < -0.3 is 10.6 Å². The summed E-state index contributed by atoms with van der Waals surface area (Å²) < 4.78 is 0. The smallest absolute Gasteiger partial charge is 0.0643 e. The molecule has 1 aliphatic rings. The van der Waals surface area contributed by atoms with Crippen LogP contribution in [0, 0.1) is 11.3 Å². The number of anilines is 1. The normalized spacial score (nSPS) is 16.1. The number of benzene rings is 1. The zero-order chi connectivity index (χ0) is 13.1. The van der Waals surface area contributed by atoms with Gasteiger partial charge in [-0.25, -0.2) is 0 Å². The highest BCUT2D eigenvalue weighted by atomic mass is 35.5. The number of hydrogen-bond acceptors (Lipinski definition) is 3. The Balaban J connectivity index is 2.22. The minimum atomic E-state index is -0.00923. The van der Waals surface area contributed by atoms with Gasteiger partial charge in [0.1, 0.15) is 0 Å². The first kappa shape index (κ1) is 13.2. The predicted octanol–water partition coefficient (Wildman–Crippen LogP) is 3.24. The van der Waals surface area contributed by atoms with Crippen molar-refractivity contribution in [1.29, 1.82) is 5.26 Å². The molecule has 96 valence electrons. The molecular formula is C14H18ClN3. The van der Waals surface area contributed by atoms with Crippen molar-refractivity contribution < 1.29 is 0 Å². The van der Waals surface area contributed by atoms with E-state index in [1.54, 1.807) is 0 Å². The van der Waals surface area contributed by atoms with E-state index in [1.807, 2.05) is 25.1 Å². The fourth-order valence-electron chi connectivity index (χ4n) is 2.10. The van der Waals surface area contributed by atoms with Crippen LogP contribution in [-0.4, -0.2) is 12.6 Å². The van der Waals surface area contributed by atoms with Crippen LogP contribution in [0.5, 0.6) is 0 Å². The van der Waals surface area contributed by atoms with E-state index in [9.17, 15) is 0 Å². The van der Waals surface area contributed by atoms with Crippen LogP contribution >= 0.6 is 11.6 Å². The number of rotatable bonds is 5. The first-order chi connectivity index (χ1) is 8.63. The second kappa shape index (κ2) is 5.60. The lowest BCUT2D eigenvalue weighted by molar-refractivity contribution is 0.788. The topological polar surface area (TPSA) is 53.0 Å². The summed E-state index contributed by atoms with van der Waals surface area (Å²) >= 11 is 6.34. The standard InChI is InChI=1S/C14H18ClN3/c1-10(17)11-3-6-14(13(15)9-11)18(8-2-7-16)12-4-5-12/h3,6,9-10,12H,2,4-5,8,17H2,1H3. The summed E-state index contributed by atoms with van der Waals surface area (Å²) in [5.74, 6) is 0. The molecule has 1 atom stereocenters. The maximum Gasteiger partial charge on any atom is 0.0643 e. The number of nitriles is 1. The highest BCUT2D eigenvalue weighted by Crippen LogP contribution is 2.36. The quantitative estimate of drug-likeness (QED) is 0.887. The Kier molecular flexibility index (Phi) is 4.11. The third kappa shape index (κ3) is 2.95. The summed E-state index contributed by atoms with van der Waals surface area (Å²) in [6.07, 6.45) is 2.91. The van der Waals surface area contributed by atoms with E-state index in [4.69, 9.17) is 22.6 Å². The first-order valence-electron chi connectivity index (χ1n) is 6.32. The molecule has 18 heavy (non-hydrogen) atoms. The van der Waals surface area contributed by atoms with Gasteiger partial charge >= 0.3 is 0 Å². The van der Waals surface area contributed by atoms with E-state index in [2.05, 4.69) is 11.0 Å². The molecule has 0 radical (unpaired) electrons. The van der Waals surface area contributed by atoms with Crippen LogP contribution in [0.2, 0.25) is 5.02 Å². The number of nitrogens with zero attached hydrogens (tertiary/aromatic N) is 2. The van der Waals surface area contributed by atoms with Gasteiger partial charge in [0, 0.05) is 18.6 Å². The molecule has 1 aromatic rings. The van der Waals surface area contributed by atoms with Crippen molar-refractivity contribution in [3.05, 3.63) is 28.8 Å². The Bertz CT molecular complexity index is 461. The van der Waals surface area contributed by atoms with Gasteiger partial charge in [0.25, 0.3) is 0 Å². The summed E-state index contributed by atoms with van der Waals surface area (Å²) in [5, 5.41) is 9.46. The van der Waals surface area contributed by atoms with Crippen molar-refractivity contribution in [2.24, 2.45) is 5.73 Å². The van der Waals surface area contributed by atoms with E-state index >= 15 is 0 Å². The summed E-state index contributed by atoms with van der Waals surface area (Å²) in [6, 6.07) is 8.72. The molecule has 0 amide bonds. The zero-order valence-electron chi connectivity index (χ0n) is 10.6. The minimum Gasteiger partial charge on any atom is -0.366 e. The van der Waals surface area contributed by atoms with Crippen LogP contribution in [0.25, 0.3) is 0 Å². The molecule has 1 saturated carbocycles. The van der Waals surface area contributed by atoms with Crippen LogP contribution in [0.15, 0.2) is 18.2 Å². The van der Waals surface area contributed by atoms with E-state index in [1.165, 1.54) is 12.8 Å². The molecule has 1 aliphatic carbocycles. The third-order valence-corrected chi connectivity index (χ3v) is 3.56. The van der Waals surface area contributed by atoms with Crippen LogP contribution < -0.4 is 10.6 Å². The molecule has 0 aromatic heterocycles. The fraction of sp³-hybridized carbons (Fsp3) is 0.500. The number of nitrogens with two attached hydrogens (primary N) is 1. The van der Waals surface area contributed by atoms with E-state index in [0.717, 1.165) is 22.8 Å². The van der Waals surface area contributed by atoms with Gasteiger partial charge in [-0.05, 0) is 37.5 Å². The monoisotopic (exact) mass is 263 g/mol. The SMILES string of the molecule is CC(N)c1ccc(N(CCC#N)C2CC2)c(Cl)c1. The Hall–Kier alpha value is -1.24. The maximum atomic E-state index is 8.72. The van der Waals surface area contributed by atoms with Crippen LogP contribution in [0.1, 0.15) is 37.8 Å². The van der Waals surface area contributed by atoms with E-state index in [-0.39, 0.29) is 6.04 Å². The Morgan fingerprint density at radius 1 is 1.56 bits per heavy atom. The van der Waals surface area contributed by atoms with Crippen molar-refractivity contribution in [1.82, 2.24) is 0 Å². The van der Waals surface area contributed by atoms with Gasteiger partial charge in [0.05, 0.1) is 23.2 Å². The van der Waals surface area contributed by atoms with Gasteiger partial charge in [-0.2, -0.15) is 5.26 Å².